The van der Waals surface area contributed by atoms with Crippen molar-refractivity contribution in [3.05, 3.63) is 28.7 Å². The van der Waals surface area contributed by atoms with E-state index in [4.69, 9.17) is 0 Å². The predicted molar refractivity (Wildman–Crippen MR) is 90.3 cm³/mol. The molecule has 1 saturated heterocycles. The highest BCUT2D eigenvalue weighted by atomic mass is 79.9. The van der Waals surface area contributed by atoms with Gasteiger partial charge in [0, 0.05) is 23.0 Å². The Morgan fingerprint density at radius 1 is 1.30 bits per heavy atom. The van der Waals surface area contributed by atoms with Gasteiger partial charge in [-0.25, -0.2) is 8.42 Å². The lowest BCUT2D eigenvalue weighted by molar-refractivity contribution is -0.125. The van der Waals surface area contributed by atoms with Crippen molar-refractivity contribution in [1.82, 2.24) is 9.62 Å². The van der Waals surface area contributed by atoms with E-state index in [1.54, 1.807) is 12.1 Å². The van der Waals surface area contributed by atoms with Crippen molar-refractivity contribution in [3.63, 3.8) is 0 Å². The Morgan fingerprint density at radius 2 is 1.87 bits per heavy atom. The van der Waals surface area contributed by atoms with Gasteiger partial charge in [-0.3, -0.25) is 4.79 Å². The molecule has 1 amide bonds. The molecular weight excluding hydrogens is 384 g/mol. The van der Waals surface area contributed by atoms with Crippen molar-refractivity contribution in [2.75, 3.05) is 6.54 Å². The van der Waals surface area contributed by atoms with E-state index in [9.17, 15) is 18.3 Å². The quantitative estimate of drug-likeness (QED) is 0.798. The average Bonchev–Trinajstić information content (AvgIpc) is 2.80. The minimum absolute atomic E-state index is 0.0827. The Balaban J connectivity index is 2.31. The molecule has 1 fully saturated rings. The fourth-order valence-electron chi connectivity index (χ4n) is 2.48. The third kappa shape index (κ3) is 4.32. The van der Waals surface area contributed by atoms with Crippen LogP contribution in [0.3, 0.4) is 0 Å². The molecule has 0 aliphatic carbocycles. The Morgan fingerprint density at radius 3 is 2.39 bits per heavy atom. The lowest BCUT2D eigenvalue weighted by atomic mass is 10.1. The minimum Gasteiger partial charge on any atom is -0.392 e. The highest BCUT2D eigenvalue weighted by molar-refractivity contribution is 9.10. The number of hydrogen-bond donors (Lipinski definition) is 2. The van der Waals surface area contributed by atoms with Crippen LogP contribution in [0.4, 0.5) is 0 Å². The third-order valence-corrected chi connectivity index (χ3v) is 5.87. The van der Waals surface area contributed by atoms with Gasteiger partial charge in [0.1, 0.15) is 6.04 Å². The van der Waals surface area contributed by atoms with E-state index in [2.05, 4.69) is 21.2 Å². The molecule has 1 aliphatic heterocycles. The highest BCUT2D eigenvalue weighted by Gasteiger charge is 2.44. The monoisotopic (exact) mass is 404 g/mol. The number of nitrogens with zero attached hydrogens (tertiary/aromatic N) is 1. The van der Waals surface area contributed by atoms with Crippen molar-refractivity contribution < 1.29 is 18.3 Å². The Hall–Kier alpha value is -0.960. The van der Waals surface area contributed by atoms with Crippen LogP contribution in [-0.2, 0) is 14.8 Å². The van der Waals surface area contributed by atoms with Crippen LogP contribution in [0.25, 0.3) is 0 Å². The van der Waals surface area contributed by atoms with E-state index in [0.717, 1.165) is 8.78 Å². The van der Waals surface area contributed by atoms with Gasteiger partial charge in [-0.05, 0) is 45.0 Å². The van der Waals surface area contributed by atoms with Crippen molar-refractivity contribution >= 4 is 31.9 Å². The van der Waals surface area contributed by atoms with Gasteiger partial charge < -0.3 is 10.4 Å². The SMILES string of the molecule is CC(C)(C)NC(=O)[C@@H]1C[C@@H](O)CN1S(=O)(=O)c1ccc(Br)cc1. The molecular formula is C15H21BrN2O4S. The number of aliphatic hydroxyl groups excluding tert-OH is 1. The van der Waals surface area contributed by atoms with Crippen molar-refractivity contribution in [2.24, 2.45) is 0 Å². The molecule has 2 atom stereocenters. The standard InChI is InChI=1S/C15H21BrN2O4S/c1-15(2,3)17-14(20)13-8-11(19)9-18(13)23(21,22)12-6-4-10(16)5-7-12/h4-7,11,13,19H,8-9H2,1-3H3,(H,17,20)/t11-,13+/m1/s1. The number of β-amino-alcohol motifs (C(OH)–C–C–N with tert-alkyl or cyclic N) is 1. The molecule has 8 heteroatoms. The molecule has 2 N–H and O–H groups in total. The lowest BCUT2D eigenvalue weighted by Gasteiger charge is -2.27. The second-order valence-corrected chi connectivity index (χ2v) is 9.48. The van der Waals surface area contributed by atoms with Crippen LogP contribution in [0.5, 0.6) is 0 Å². The van der Waals surface area contributed by atoms with Crippen LogP contribution >= 0.6 is 15.9 Å². The van der Waals surface area contributed by atoms with E-state index in [0.29, 0.717) is 0 Å². The average molecular weight is 405 g/mol. The molecule has 0 bridgehead atoms. The number of benzene rings is 1. The number of rotatable bonds is 3. The molecule has 0 saturated carbocycles. The molecule has 0 radical (unpaired) electrons. The maximum Gasteiger partial charge on any atom is 0.243 e. The summed E-state index contributed by atoms with van der Waals surface area (Å²) in [6, 6.07) is 5.30. The fraction of sp³-hybridized carbons (Fsp3) is 0.533. The Bertz CT molecular complexity index is 682. The van der Waals surface area contributed by atoms with Gasteiger partial charge >= 0.3 is 0 Å². The number of aliphatic hydroxyl groups is 1. The molecule has 1 aliphatic rings. The van der Waals surface area contributed by atoms with Crippen molar-refractivity contribution in [2.45, 2.75) is 49.8 Å². The molecule has 23 heavy (non-hydrogen) atoms. The normalized spacial score (nSPS) is 23.0. The van der Waals surface area contributed by atoms with Crippen LogP contribution in [0.2, 0.25) is 0 Å². The Kier molecular flexibility index (Phi) is 5.20. The second-order valence-electron chi connectivity index (χ2n) is 6.67. The predicted octanol–water partition coefficient (Wildman–Crippen LogP) is 1.49. The summed E-state index contributed by atoms with van der Waals surface area (Å²) >= 11 is 3.26. The smallest absolute Gasteiger partial charge is 0.243 e. The van der Waals surface area contributed by atoms with Crippen molar-refractivity contribution in [3.8, 4) is 0 Å². The maximum absolute atomic E-state index is 12.8. The summed E-state index contributed by atoms with van der Waals surface area (Å²) in [7, 11) is -3.85. The molecule has 0 spiro atoms. The number of halogens is 1. The van der Waals surface area contributed by atoms with Gasteiger partial charge in [0.2, 0.25) is 15.9 Å². The number of carbonyl (C=O) groups is 1. The van der Waals surface area contributed by atoms with Crippen LogP contribution in [0, 0.1) is 0 Å². The summed E-state index contributed by atoms with van der Waals surface area (Å²) in [6.07, 6.45) is -0.756. The molecule has 0 unspecified atom stereocenters. The van der Waals surface area contributed by atoms with E-state index < -0.39 is 33.6 Å². The first kappa shape index (κ1) is 18.4. The zero-order chi connectivity index (χ0) is 17.4. The van der Waals surface area contributed by atoms with Gasteiger partial charge in [-0.2, -0.15) is 4.31 Å². The zero-order valence-corrected chi connectivity index (χ0v) is 15.7. The largest absolute Gasteiger partial charge is 0.392 e. The summed E-state index contributed by atoms with van der Waals surface area (Å²) in [5, 5.41) is 12.7. The summed E-state index contributed by atoms with van der Waals surface area (Å²) in [6.45, 7) is 5.39. The summed E-state index contributed by atoms with van der Waals surface area (Å²) in [5.41, 5.74) is -0.475. The minimum atomic E-state index is -3.85. The molecule has 128 valence electrons. The van der Waals surface area contributed by atoms with Gasteiger partial charge in [0.05, 0.1) is 11.0 Å². The molecule has 1 aromatic rings. The summed E-state index contributed by atoms with van der Waals surface area (Å²) in [5.74, 6) is -0.394. The van der Waals surface area contributed by atoms with Gasteiger partial charge in [0.15, 0.2) is 0 Å². The van der Waals surface area contributed by atoms with Crippen LogP contribution in [0.15, 0.2) is 33.6 Å². The molecule has 1 aromatic carbocycles. The van der Waals surface area contributed by atoms with Crippen molar-refractivity contribution in [1.29, 1.82) is 0 Å². The van der Waals surface area contributed by atoms with Gasteiger partial charge in [-0.15, -0.1) is 0 Å². The highest BCUT2D eigenvalue weighted by Crippen LogP contribution is 2.27. The molecule has 6 nitrogen and oxygen atoms in total. The first-order valence-electron chi connectivity index (χ1n) is 7.28. The first-order chi connectivity index (χ1) is 10.5. The number of amides is 1. The van der Waals surface area contributed by atoms with Crippen LogP contribution < -0.4 is 5.32 Å². The lowest BCUT2D eigenvalue weighted by Crippen LogP contribution is -2.51. The number of hydrogen-bond acceptors (Lipinski definition) is 4. The zero-order valence-electron chi connectivity index (χ0n) is 13.3. The molecule has 0 aromatic heterocycles. The summed E-state index contributed by atoms with van der Waals surface area (Å²) in [4.78, 5) is 12.5. The number of sulfonamides is 1. The van der Waals surface area contributed by atoms with Gasteiger partial charge in [0.25, 0.3) is 0 Å². The first-order valence-corrected chi connectivity index (χ1v) is 9.51. The maximum atomic E-state index is 12.8. The third-order valence-electron chi connectivity index (χ3n) is 3.45. The van der Waals surface area contributed by atoms with E-state index in [1.165, 1.54) is 12.1 Å². The topological polar surface area (TPSA) is 86.7 Å². The van der Waals surface area contributed by atoms with E-state index >= 15 is 0 Å². The second kappa shape index (κ2) is 6.51. The van der Waals surface area contributed by atoms with Crippen LogP contribution in [-0.4, -0.2) is 48.0 Å². The fourth-order valence-corrected chi connectivity index (χ4v) is 4.38. The number of nitrogens with one attached hydrogen (secondary N) is 1. The molecule has 2 rings (SSSR count). The number of carbonyl (C=O) groups excluding carboxylic acids is 1. The summed E-state index contributed by atoms with van der Waals surface area (Å²) < 4.78 is 27.4. The molecule has 1 heterocycles. The van der Waals surface area contributed by atoms with E-state index in [-0.39, 0.29) is 17.9 Å². The Labute approximate surface area is 145 Å². The van der Waals surface area contributed by atoms with Crippen LogP contribution in [0.1, 0.15) is 27.2 Å². The van der Waals surface area contributed by atoms with E-state index in [1.807, 2.05) is 20.8 Å². The van der Waals surface area contributed by atoms with Gasteiger partial charge in [-0.1, -0.05) is 15.9 Å².